The van der Waals surface area contributed by atoms with Crippen molar-refractivity contribution in [1.29, 1.82) is 0 Å². The molecule has 0 heterocycles. The van der Waals surface area contributed by atoms with E-state index in [9.17, 15) is 9.59 Å². The summed E-state index contributed by atoms with van der Waals surface area (Å²) in [6, 6.07) is 4.99. The fourth-order valence-corrected chi connectivity index (χ4v) is 17.1. The molecule has 2 aliphatic rings. The van der Waals surface area contributed by atoms with Gasteiger partial charge in [-0.15, -0.1) is 0 Å². The van der Waals surface area contributed by atoms with Crippen LogP contribution in [0.25, 0.3) is 0 Å². The molecule has 0 aliphatic heterocycles. The van der Waals surface area contributed by atoms with Crippen LogP contribution < -0.4 is 17.5 Å². The first-order valence-electron chi connectivity index (χ1n) is 21.5. The van der Waals surface area contributed by atoms with E-state index in [2.05, 4.69) is 13.8 Å². The number of allylic oxidation sites excluding steroid dienone is 8. The van der Waals surface area contributed by atoms with Crippen LogP contribution in [0.3, 0.4) is 0 Å². The van der Waals surface area contributed by atoms with Gasteiger partial charge >= 0.3 is 345 Å². The third kappa shape index (κ3) is 9.98. The van der Waals surface area contributed by atoms with E-state index >= 15 is 17.6 Å². The average Bonchev–Trinajstić information content (AvgIpc) is 3.91. The average molecular weight is 827 g/mol. The van der Waals surface area contributed by atoms with Crippen LogP contribution in [0, 0.1) is 34.1 Å². The SMILES string of the molecule is CCCCCCN(C(=O)C(C)(C)CCC)c1ccc(F)[c]([Ti]([C]2=CC=CC2)([C]2=CC=CC2)[c]2c(F)ccc(N(CCCCCC)C(=O)C(C)(C)CCC)c2F)c1F. The number of unbranched alkanes of at least 4 members (excludes halogenated alkanes) is 6. The number of carbonyl (C=O) groups is 2. The van der Waals surface area contributed by atoms with Crippen LogP contribution in [-0.4, -0.2) is 24.9 Å². The second-order valence-electron chi connectivity index (χ2n) is 17.2. The third-order valence-electron chi connectivity index (χ3n) is 11.8. The normalized spacial score (nSPS) is 14.3. The summed E-state index contributed by atoms with van der Waals surface area (Å²) >= 11 is -5.30. The van der Waals surface area contributed by atoms with Crippen LogP contribution in [0.5, 0.6) is 0 Å². The minimum atomic E-state index is -5.30. The van der Waals surface area contributed by atoms with Crippen LogP contribution >= 0.6 is 0 Å². The van der Waals surface area contributed by atoms with Crippen molar-refractivity contribution in [3.05, 3.63) is 91.7 Å². The number of hydrogen-bond donors (Lipinski definition) is 0. The zero-order chi connectivity index (χ0) is 42.0. The van der Waals surface area contributed by atoms with Gasteiger partial charge in [0.15, 0.2) is 0 Å². The summed E-state index contributed by atoms with van der Waals surface area (Å²) in [5.74, 6) is -4.25. The molecule has 57 heavy (non-hydrogen) atoms. The van der Waals surface area contributed by atoms with Gasteiger partial charge in [-0.25, -0.2) is 0 Å². The summed E-state index contributed by atoms with van der Waals surface area (Å²) in [6.45, 7) is 16.0. The van der Waals surface area contributed by atoms with Crippen LogP contribution in [-0.2, 0) is 26.2 Å². The number of anilines is 2. The van der Waals surface area contributed by atoms with Crippen molar-refractivity contribution in [1.82, 2.24) is 0 Å². The van der Waals surface area contributed by atoms with E-state index in [4.69, 9.17) is 0 Å². The Morgan fingerprint density at radius 3 is 1.28 bits per heavy atom. The van der Waals surface area contributed by atoms with Gasteiger partial charge in [0.1, 0.15) is 0 Å². The summed E-state index contributed by atoms with van der Waals surface area (Å²) in [4.78, 5) is 31.8. The molecule has 0 atom stereocenters. The van der Waals surface area contributed by atoms with E-state index < -0.39 is 50.7 Å². The quantitative estimate of drug-likeness (QED) is 0.0674. The maximum absolute atomic E-state index is 18.1. The minimum absolute atomic E-state index is 0.0730. The Morgan fingerprint density at radius 2 is 0.965 bits per heavy atom. The molecular formula is C48H66F4N2O2Ti. The molecule has 2 aliphatic carbocycles. The van der Waals surface area contributed by atoms with E-state index in [0.717, 1.165) is 51.4 Å². The van der Waals surface area contributed by atoms with Crippen molar-refractivity contribution in [2.75, 3.05) is 22.9 Å². The number of nitrogens with zero attached hydrogens (tertiary/aromatic N) is 2. The Kier molecular flexibility index (Phi) is 16.8. The van der Waals surface area contributed by atoms with Crippen molar-refractivity contribution in [2.45, 2.75) is 145 Å². The molecule has 2 aromatic rings. The van der Waals surface area contributed by atoms with Crippen molar-refractivity contribution in [2.24, 2.45) is 10.8 Å². The number of hydrogen-bond acceptors (Lipinski definition) is 2. The standard InChI is InChI=1S/2C19H28F2NO.2C5H5.Ti/c2*1-5-7-8-9-13-22(18(23)19(3,4)12-6-2)17-11-10-15(20)14-16(17)21;2*1-2-4-5-3-1;/h2*10-11H,5-9,12-13H2,1-4H3;2*1-3H,4H2;. The molecule has 0 radical (unpaired) electrons. The van der Waals surface area contributed by atoms with Gasteiger partial charge in [0.2, 0.25) is 0 Å². The van der Waals surface area contributed by atoms with E-state index in [1.165, 1.54) is 34.1 Å². The Morgan fingerprint density at radius 1 is 0.579 bits per heavy atom. The molecule has 4 nitrogen and oxygen atoms in total. The zero-order valence-electron chi connectivity index (χ0n) is 35.8. The molecule has 0 N–H and O–H groups in total. The molecule has 0 bridgehead atoms. The number of carbonyl (C=O) groups excluding carboxylic acids is 2. The summed E-state index contributed by atoms with van der Waals surface area (Å²) < 4.78 is 70.9. The van der Waals surface area contributed by atoms with Gasteiger partial charge in [0.05, 0.1) is 0 Å². The summed E-state index contributed by atoms with van der Waals surface area (Å²) in [6.07, 6.45) is 20.7. The molecule has 9 heteroatoms. The first kappa shape index (κ1) is 46.5. The van der Waals surface area contributed by atoms with Crippen molar-refractivity contribution >= 4 is 30.9 Å². The maximum atomic E-state index is 18.1. The van der Waals surface area contributed by atoms with Gasteiger partial charge in [-0.05, 0) is 0 Å². The zero-order valence-corrected chi connectivity index (χ0v) is 37.4. The molecule has 2 aromatic carbocycles. The van der Waals surface area contributed by atoms with Gasteiger partial charge < -0.3 is 0 Å². The van der Waals surface area contributed by atoms with Crippen molar-refractivity contribution in [3.63, 3.8) is 0 Å². The van der Waals surface area contributed by atoms with E-state index in [1.807, 2.05) is 53.7 Å². The van der Waals surface area contributed by atoms with Crippen LogP contribution in [0.2, 0.25) is 0 Å². The van der Waals surface area contributed by atoms with E-state index in [0.29, 0.717) is 33.4 Å². The summed E-state index contributed by atoms with van der Waals surface area (Å²) in [5, 5.41) is 0. The molecule has 4 rings (SSSR count). The Hall–Kier alpha value is -3.23. The number of amides is 2. The molecule has 0 spiro atoms. The molecule has 312 valence electrons. The Balaban J connectivity index is 2.10. The Bertz CT molecular complexity index is 1730. The third-order valence-corrected chi connectivity index (χ3v) is 19.8. The molecule has 0 aromatic heterocycles. The van der Waals surface area contributed by atoms with Crippen LogP contribution in [0.1, 0.15) is 145 Å². The topological polar surface area (TPSA) is 40.6 Å². The molecule has 0 saturated carbocycles. The van der Waals surface area contributed by atoms with Crippen LogP contribution in [0.15, 0.2) is 68.5 Å². The van der Waals surface area contributed by atoms with Gasteiger partial charge in [0.25, 0.3) is 0 Å². The van der Waals surface area contributed by atoms with Crippen molar-refractivity contribution in [3.8, 4) is 0 Å². The monoisotopic (exact) mass is 826 g/mol. The number of benzene rings is 2. The van der Waals surface area contributed by atoms with E-state index in [1.54, 1.807) is 24.3 Å². The first-order chi connectivity index (χ1) is 27.1. The van der Waals surface area contributed by atoms with Crippen LogP contribution in [0.4, 0.5) is 28.9 Å². The second-order valence-corrected chi connectivity index (χ2v) is 23.1. The van der Waals surface area contributed by atoms with Gasteiger partial charge in [-0.3, -0.25) is 0 Å². The number of rotatable bonds is 22. The Labute approximate surface area is 343 Å². The van der Waals surface area contributed by atoms with Gasteiger partial charge in [0, 0.05) is 0 Å². The van der Waals surface area contributed by atoms with Gasteiger partial charge in [-0.1, -0.05) is 0 Å². The fourth-order valence-electron chi connectivity index (χ4n) is 8.86. The van der Waals surface area contributed by atoms with E-state index in [-0.39, 0.29) is 56.9 Å². The molecular weight excluding hydrogens is 760 g/mol. The molecule has 2 amide bonds. The molecule has 0 saturated heterocycles. The summed E-state index contributed by atoms with van der Waals surface area (Å²) in [5.41, 5.74) is -1.81. The predicted molar refractivity (Wildman–Crippen MR) is 226 cm³/mol. The van der Waals surface area contributed by atoms with Crippen molar-refractivity contribution < 1.29 is 43.7 Å². The molecule has 0 unspecified atom stereocenters. The predicted octanol–water partition coefficient (Wildman–Crippen LogP) is 12.5. The second kappa shape index (κ2) is 20.6. The summed E-state index contributed by atoms with van der Waals surface area (Å²) in [7, 11) is 0. The number of halogens is 4. The molecule has 0 fully saturated rings. The fraction of sp³-hybridized carbons (Fsp3) is 0.542. The first-order valence-corrected chi connectivity index (χ1v) is 24.6. The van der Waals surface area contributed by atoms with Gasteiger partial charge in [-0.2, -0.15) is 0 Å².